The van der Waals surface area contributed by atoms with E-state index in [-0.39, 0.29) is 0 Å². The normalized spacial score (nSPS) is 11.5. The van der Waals surface area contributed by atoms with Gasteiger partial charge in [-0.3, -0.25) is 0 Å². The Kier molecular flexibility index (Phi) is 22.3. The zero-order valence-electron chi connectivity index (χ0n) is 19.2. The van der Waals surface area contributed by atoms with Crippen LogP contribution in [-0.2, 0) is 18.8 Å². The molecule has 0 aliphatic heterocycles. The van der Waals surface area contributed by atoms with Crippen molar-refractivity contribution in [1.82, 2.24) is 0 Å². The first kappa shape index (κ1) is 27.9. The van der Waals surface area contributed by atoms with Gasteiger partial charge in [0.1, 0.15) is 0 Å². The van der Waals surface area contributed by atoms with Crippen molar-refractivity contribution in [2.24, 2.45) is 0 Å². The van der Waals surface area contributed by atoms with E-state index in [1.54, 1.807) is 0 Å². The molecule has 0 aromatic carbocycles. The maximum Gasteiger partial charge on any atom is 0.331 e. The lowest BCUT2D eigenvalue weighted by atomic mass is 10.1. The molecule has 29 heavy (non-hydrogen) atoms. The highest BCUT2D eigenvalue weighted by atomic mass is 28.2. The van der Waals surface area contributed by atoms with Gasteiger partial charge in [-0.1, -0.05) is 110 Å². The minimum Gasteiger partial charge on any atom is -0.522 e. The van der Waals surface area contributed by atoms with Crippen LogP contribution < -0.4 is 0 Å². The standard InChI is InChI=1S/C24H46O4Si/c1-3-5-7-9-11-12-13-14-15-17-21-27-23(25)19-20-24(26)28-29-22-18-16-10-8-6-4-2/h19-20H,3-18,21-22,29H2,1-2H3/b20-19-. The summed E-state index contributed by atoms with van der Waals surface area (Å²) >= 11 is 0. The predicted molar refractivity (Wildman–Crippen MR) is 125 cm³/mol. The van der Waals surface area contributed by atoms with Crippen molar-refractivity contribution in [1.29, 1.82) is 0 Å². The van der Waals surface area contributed by atoms with Crippen LogP contribution in [0.3, 0.4) is 0 Å². The monoisotopic (exact) mass is 426 g/mol. The van der Waals surface area contributed by atoms with Crippen LogP contribution in [0.25, 0.3) is 0 Å². The first-order valence-electron chi connectivity index (χ1n) is 12.2. The first-order valence-corrected chi connectivity index (χ1v) is 13.8. The van der Waals surface area contributed by atoms with Crippen LogP contribution in [0.2, 0.25) is 6.04 Å². The third kappa shape index (κ3) is 23.0. The van der Waals surface area contributed by atoms with Gasteiger partial charge in [0.05, 0.1) is 6.61 Å². The number of esters is 1. The predicted octanol–water partition coefficient (Wildman–Crippen LogP) is 6.41. The molecule has 0 spiro atoms. The molecule has 4 nitrogen and oxygen atoms in total. The number of carbonyl (C=O) groups excluding carboxylic acids is 2. The van der Waals surface area contributed by atoms with E-state index in [4.69, 9.17) is 9.16 Å². The molecule has 0 saturated carbocycles. The molecule has 0 aliphatic rings. The summed E-state index contributed by atoms with van der Waals surface area (Å²) in [4.78, 5) is 23.2. The summed E-state index contributed by atoms with van der Waals surface area (Å²) in [5, 5.41) is 0. The average Bonchev–Trinajstić information content (AvgIpc) is 2.72. The van der Waals surface area contributed by atoms with Gasteiger partial charge in [-0.05, 0) is 12.5 Å². The highest BCUT2D eigenvalue weighted by Gasteiger charge is 2.01. The van der Waals surface area contributed by atoms with Gasteiger partial charge in [-0.15, -0.1) is 0 Å². The van der Waals surface area contributed by atoms with E-state index < -0.39 is 21.7 Å². The molecule has 0 radical (unpaired) electrons. The van der Waals surface area contributed by atoms with Gasteiger partial charge < -0.3 is 9.16 Å². The Morgan fingerprint density at radius 3 is 1.62 bits per heavy atom. The van der Waals surface area contributed by atoms with Crippen LogP contribution in [0.15, 0.2) is 12.2 Å². The molecule has 0 atom stereocenters. The molecule has 0 aromatic heterocycles. The van der Waals surface area contributed by atoms with Gasteiger partial charge in [0, 0.05) is 12.2 Å². The molecule has 5 heteroatoms. The molecule has 0 amide bonds. The fourth-order valence-electron chi connectivity index (χ4n) is 3.23. The number of carbonyl (C=O) groups is 2. The van der Waals surface area contributed by atoms with Crippen LogP contribution in [0.5, 0.6) is 0 Å². The van der Waals surface area contributed by atoms with E-state index in [1.807, 2.05) is 0 Å². The fraction of sp³-hybridized carbons (Fsp3) is 0.833. The topological polar surface area (TPSA) is 52.6 Å². The van der Waals surface area contributed by atoms with Gasteiger partial charge in [0.15, 0.2) is 0 Å². The number of hydrogen-bond acceptors (Lipinski definition) is 4. The van der Waals surface area contributed by atoms with Crippen molar-refractivity contribution in [2.45, 2.75) is 123 Å². The average molecular weight is 427 g/mol. The third-order valence-corrected chi connectivity index (χ3v) is 6.37. The van der Waals surface area contributed by atoms with E-state index in [0.717, 1.165) is 25.3 Å². The van der Waals surface area contributed by atoms with E-state index >= 15 is 0 Å². The lowest BCUT2D eigenvalue weighted by molar-refractivity contribution is -0.138. The van der Waals surface area contributed by atoms with Gasteiger partial charge >= 0.3 is 11.9 Å². The van der Waals surface area contributed by atoms with Gasteiger partial charge in [0.2, 0.25) is 9.76 Å². The molecule has 0 rings (SSSR count). The van der Waals surface area contributed by atoms with Crippen molar-refractivity contribution in [3.63, 3.8) is 0 Å². The summed E-state index contributed by atoms with van der Waals surface area (Å²) in [5.41, 5.74) is 0. The Labute approximate surface area is 182 Å². The maximum absolute atomic E-state index is 11.6. The number of hydrogen-bond donors (Lipinski definition) is 0. The summed E-state index contributed by atoms with van der Waals surface area (Å²) in [5.74, 6) is -0.853. The molecule has 0 N–H and O–H groups in total. The van der Waals surface area contributed by atoms with Gasteiger partial charge in [0.25, 0.3) is 0 Å². The molecule has 0 fully saturated rings. The third-order valence-electron chi connectivity index (χ3n) is 5.09. The van der Waals surface area contributed by atoms with Crippen molar-refractivity contribution in [2.75, 3.05) is 6.61 Å². The van der Waals surface area contributed by atoms with Crippen molar-refractivity contribution in [3.05, 3.63) is 12.2 Å². The highest BCUT2D eigenvalue weighted by molar-refractivity contribution is 6.31. The molecule has 0 bridgehead atoms. The zero-order valence-corrected chi connectivity index (χ0v) is 20.6. The van der Waals surface area contributed by atoms with Crippen LogP contribution in [-0.4, -0.2) is 28.3 Å². The SMILES string of the molecule is CCCCCCCCCCCCOC(=O)/C=C\C(=O)O[SiH2]CCCCCCCC. The second-order valence-electron chi connectivity index (χ2n) is 7.97. The lowest BCUT2D eigenvalue weighted by Gasteiger charge is -2.04. The molecule has 0 heterocycles. The smallest absolute Gasteiger partial charge is 0.331 e. The first-order chi connectivity index (χ1) is 14.2. The summed E-state index contributed by atoms with van der Waals surface area (Å²) in [6.07, 6.45) is 22.5. The van der Waals surface area contributed by atoms with Gasteiger partial charge in [-0.2, -0.15) is 0 Å². The number of unbranched alkanes of at least 4 members (excludes halogenated alkanes) is 14. The minimum atomic E-state index is -0.810. The Morgan fingerprint density at radius 2 is 1.07 bits per heavy atom. The van der Waals surface area contributed by atoms with E-state index in [2.05, 4.69) is 13.8 Å². The number of rotatable bonds is 21. The Morgan fingerprint density at radius 1 is 0.621 bits per heavy atom. The quantitative estimate of drug-likeness (QED) is 0.0920. The van der Waals surface area contributed by atoms with Crippen molar-refractivity contribution >= 4 is 21.7 Å². The van der Waals surface area contributed by atoms with Crippen LogP contribution in [0.1, 0.15) is 117 Å². The van der Waals surface area contributed by atoms with Gasteiger partial charge in [-0.25, -0.2) is 9.59 Å². The molecule has 0 aromatic rings. The second kappa shape index (κ2) is 23.2. The van der Waals surface area contributed by atoms with E-state index in [0.29, 0.717) is 6.61 Å². The lowest BCUT2D eigenvalue weighted by Crippen LogP contribution is -2.07. The highest BCUT2D eigenvalue weighted by Crippen LogP contribution is 2.10. The minimum absolute atomic E-state index is 0.404. The van der Waals surface area contributed by atoms with E-state index in [9.17, 15) is 9.59 Å². The van der Waals surface area contributed by atoms with Crippen LogP contribution >= 0.6 is 0 Å². The zero-order chi connectivity index (χ0) is 21.4. The van der Waals surface area contributed by atoms with Crippen molar-refractivity contribution in [3.8, 4) is 0 Å². The molecule has 0 unspecified atom stereocenters. The second-order valence-corrected chi connectivity index (χ2v) is 9.38. The number of ether oxygens (including phenoxy) is 1. The van der Waals surface area contributed by atoms with E-state index in [1.165, 1.54) is 95.6 Å². The summed E-state index contributed by atoms with van der Waals surface area (Å²) in [7, 11) is -0.810. The summed E-state index contributed by atoms with van der Waals surface area (Å²) < 4.78 is 10.4. The Bertz CT molecular complexity index is 410. The molecular formula is C24H46O4Si. The van der Waals surface area contributed by atoms with Crippen molar-refractivity contribution < 1.29 is 18.8 Å². The Hall–Kier alpha value is -1.10. The van der Waals surface area contributed by atoms with Crippen LogP contribution in [0, 0.1) is 0 Å². The Balaban J connectivity index is 3.41. The summed E-state index contributed by atoms with van der Waals surface area (Å²) in [6.45, 7) is 4.89. The van der Waals surface area contributed by atoms with Crippen LogP contribution in [0.4, 0.5) is 0 Å². The molecular weight excluding hydrogens is 380 g/mol. The molecule has 0 saturated heterocycles. The largest absolute Gasteiger partial charge is 0.522 e. The molecule has 0 aliphatic carbocycles. The molecule has 170 valence electrons. The summed E-state index contributed by atoms with van der Waals surface area (Å²) in [6, 6.07) is 1.02. The fourth-order valence-corrected chi connectivity index (χ4v) is 4.23. The maximum atomic E-state index is 11.6.